The molecule has 0 aromatic rings. The monoisotopic (exact) mass is 280 g/mol. The molecule has 0 aromatic heterocycles. The van der Waals surface area contributed by atoms with E-state index in [0.717, 1.165) is 6.29 Å². The highest BCUT2D eigenvalue weighted by Gasteiger charge is 2.62. The van der Waals surface area contributed by atoms with Gasteiger partial charge in [-0.2, -0.15) is 0 Å². The number of carbonyl (C=O) groups is 2. The van der Waals surface area contributed by atoms with Gasteiger partial charge in [0.15, 0.2) is 0 Å². The summed E-state index contributed by atoms with van der Waals surface area (Å²) in [7, 11) is 0. The highest BCUT2D eigenvalue weighted by atomic mass is 16.6. The van der Waals surface area contributed by atoms with Gasteiger partial charge in [-0.1, -0.05) is 13.5 Å². The Morgan fingerprint density at radius 1 is 1.40 bits per heavy atom. The quantitative estimate of drug-likeness (QED) is 0.414. The number of hydrogen-bond donors (Lipinski definition) is 2. The van der Waals surface area contributed by atoms with Crippen LogP contribution in [0.2, 0.25) is 0 Å². The molecule has 5 nitrogen and oxygen atoms in total. The molecule has 1 aliphatic heterocycles. The number of aliphatic hydroxyl groups is 2. The van der Waals surface area contributed by atoms with E-state index in [1.807, 2.05) is 6.92 Å². The van der Waals surface area contributed by atoms with E-state index in [1.54, 1.807) is 0 Å². The number of carbonyl (C=O) groups excluding carboxylic acids is 2. The molecule has 3 aliphatic rings. The minimum Gasteiger partial charge on any atom is -0.458 e. The van der Waals surface area contributed by atoms with Crippen molar-refractivity contribution in [2.75, 3.05) is 0 Å². The predicted octanol–water partition coefficient (Wildman–Crippen LogP) is 0.441. The summed E-state index contributed by atoms with van der Waals surface area (Å²) in [6.45, 7) is 5.60. The van der Waals surface area contributed by atoms with E-state index in [1.165, 1.54) is 0 Å². The van der Waals surface area contributed by atoms with Gasteiger partial charge in [-0.05, 0) is 19.3 Å². The molecule has 3 fully saturated rings. The maximum absolute atomic E-state index is 11.8. The van der Waals surface area contributed by atoms with Crippen LogP contribution in [0.5, 0.6) is 0 Å². The van der Waals surface area contributed by atoms with E-state index in [4.69, 9.17) is 4.74 Å². The van der Waals surface area contributed by atoms with Crippen LogP contribution in [0, 0.1) is 23.2 Å². The second-order valence-corrected chi connectivity index (χ2v) is 6.62. The fraction of sp³-hybridized carbons (Fsp3) is 0.733. The summed E-state index contributed by atoms with van der Waals surface area (Å²) in [5.41, 5.74) is -0.316. The van der Waals surface area contributed by atoms with Crippen LogP contribution in [0.4, 0.5) is 0 Å². The number of ether oxygens (including phenoxy) is 1. The SMILES string of the molecule is C=C1C(=O)O[C@@H]2[C@@H]1[C@H](O)C[C@@]1(C)[C@@H]2[C@@H](C=O)CC[C@H]1O. The van der Waals surface area contributed by atoms with Crippen LogP contribution in [0.15, 0.2) is 12.2 Å². The Morgan fingerprint density at radius 3 is 2.75 bits per heavy atom. The molecular weight excluding hydrogens is 260 g/mol. The van der Waals surface area contributed by atoms with Crippen molar-refractivity contribution in [2.45, 2.75) is 44.5 Å². The molecule has 2 aliphatic carbocycles. The van der Waals surface area contributed by atoms with E-state index in [9.17, 15) is 19.8 Å². The summed E-state index contributed by atoms with van der Waals surface area (Å²) < 4.78 is 5.39. The fourth-order valence-corrected chi connectivity index (χ4v) is 4.55. The van der Waals surface area contributed by atoms with Gasteiger partial charge in [0.05, 0.1) is 18.1 Å². The van der Waals surface area contributed by atoms with Gasteiger partial charge in [0.1, 0.15) is 12.4 Å². The maximum Gasteiger partial charge on any atom is 0.334 e. The molecule has 110 valence electrons. The lowest BCUT2D eigenvalue weighted by Gasteiger charge is -2.55. The van der Waals surface area contributed by atoms with Gasteiger partial charge in [-0.15, -0.1) is 0 Å². The van der Waals surface area contributed by atoms with Gasteiger partial charge in [0.2, 0.25) is 0 Å². The molecule has 3 rings (SSSR count). The number of rotatable bonds is 1. The first-order valence-corrected chi connectivity index (χ1v) is 7.11. The van der Waals surface area contributed by atoms with Gasteiger partial charge in [0.25, 0.3) is 0 Å². The van der Waals surface area contributed by atoms with Crippen molar-refractivity contribution < 1.29 is 24.5 Å². The Bertz CT molecular complexity index is 473. The molecule has 0 spiro atoms. The fourth-order valence-electron chi connectivity index (χ4n) is 4.55. The molecular formula is C15H20O5. The smallest absolute Gasteiger partial charge is 0.334 e. The van der Waals surface area contributed by atoms with Crippen LogP contribution < -0.4 is 0 Å². The molecule has 2 saturated carbocycles. The Balaban J connectivity index is 2.05. The predicted molar refractivity (Wildman–Crippen MR) is 69.5 cm³/mol. The summed E-state index contributed by atoms with van der Waals surface area (Å²) >= 11 is 0. The third-order valence-corrected chi connectivity index (χ3v) is 5.61. The lowest BCUT2D eigenvalue weighted by atomic mass is 9.52. The zero-order chi connectivity index (χ0) is 14.7. The van der Waals surface area contributed by atoms with Crippen LogP contribution in [-0.2, 0) is 14.3 Å². The number of aldehydes is 1. The van der Waals surface area contributed by atoms with Crippen LogP contribution >= 0.6 is 0 Å². The van der Waals surface area contributed by atoms with Gasteiger partial charge < -0.3 is 19.7 Å². The average molecular weight is 280 g/mol. The summed E-state index contributed by atoms with van der Waals surface area (Å²) in [6.07, 6.45) is 0.489. The third kappa shape index (κ3) is 1.63. The van der Waals surface area contributed by atoms with Crippen molar-refractivity contribution in [1.82, 2.24) is 0 Å². The lowest BCUT2D eigenvalue weighted by Crippen LogP contribution is -2.59. The number of esters is 1. The largest absolute Gasteiger partial charge is 0.458 e. The van der Waals surface area contributed by atoms with E-state index in [-0.39, 0.29) is 17.4 Å². The summed E-state index contributed by atoms with van der Waals surface area (Å²) in [5, 5.41) is 20.7. The molecule has 0 aromatic carbocycles. The van der Waals surface area contributed by atoms with Crippen LogP contribution in [-0.4, -0.2) is 40.8 Å². The Hall–Kier alpha value is -1.20. The zero-order valence-electron chi connectivity index (χ0n) is 11.5. The second kappa shape index (κ2) is 4.40. The molecule has 20 heavy (non-hydrogen) atoms. The van der Waals surface area contributed by atoms with Crippen molar-refractivity contribution in [3.05, 3.63) is 12.2 Å². The molecule has 0 radical (unpaired) electrons. The molecule has 0 amide bonds. The van der Waals surface area contributed by atoms with Crippen molar-refractivity contribution in [3.8, 4) is 0 Å². The van der Waals surface area contributed by atoms with E-state index >= 15 is 0 Å². The molecule has 7 atom stereocenters. The Morgan fingerprint density at radius 2 is 2.10 bits per heavy atom. The van der Waals surface area contributed by atoms with Crippen molar-refractivity contribution >= 4 is 12.3 Å². The highest BCUT2D eigenvalue weighted by molar-refractivity contribution is 5.91. The first-order chi connectivity index (χ1) is 9.40. The van der Waals surface area contributed by atoms with Gasteiger partial charge >= 0.3 is 5.97 Å². The summed E-state index contributed by atoms with van der Waals surface area (Å²) in [6, 6.07) is 0. The minimum absolute atomic E-state index is 0.248. The molecule has 1 heterocycles. The first-order valence-electron chi connectivity index (χ1n) is 7.11. The van der Waals surface area contributed by atoms with Crippen LogP contribution in [0.3, 0.4) is 0 Å². The van der Waals surface area contributed by atoms with E-state index in [2.05, 4.69) is 6.58 Å². The second-order valence-electron chi connectivity index (χ2n) is 6.62. The first kappa shape index (κ1) is 13.8. The normalized spacial score (nSPS) is 51.1. The maximum atomic E-state index is 11.8. The summed E-state index contributed by atoms with van der Waals surface area (Å²) in [5.74, 6) is -1.44. The zero-order valence-corrected chi connectivity index (χ0v) is 11.5. The van der Waals surface area contributed by atoms with Crippen molar-refractivity contribution in [3.63, 3.8) is 0 Å². The van der Waals surface area contributed by atoms with Crippen LogP contribution in [0.25, 0.3) is 0 Å². The third-order valence-electron chi connectivity index (χ3n) is 5.61. The molecule has 0 bridgehead atoms. The molecule has 5 heteroatoms. The Kier molecular flexibility index (Phi) is 3.03. The van der Waals surface area contributed by atoms with Crippen LogP contribution in [0.1, 0.15) is 26.2 Å². The lowest BCUT2D eigenvalue weighted by molar-refractivity contribution is -0.185. The van der Waals surface area contributed by atoms with Crippen molar-refractivity contribution in [1.29, 1.82) is 0 Å². The van der Waals surface area contributed by atoms with E-state index in [0.29, 0.717) is 19.3 Å². The molecule has 0 unspecified atom stereocenters. The Labute approximate surface area is 117 Å². The van der Waals surface area contributed by atoms with E-state index < -0.39 is 35.6 Å². The number of hydrogen-bond acceptors (Lipinski definition) is 5. The molecule has 1 saturated heterocycles. The summed E-state index contributed by atoms with van der Waals surface area (Å²) in [4.78, 5) is 23.1. The van der Waals surface area contributed by atoms with Gasteiger partial charge in [-0.3, -0.25) is 0 Å². The number of aliphatic hydroxyl groups excluding tert-OH is 2. The van der Waals surface area contributed by atoms with Crippen molar-refractivity contribution in [2.24, 2.45) is 23.2 Å². The van der Waals surface area contributed by atoms with Gasteiger partial charge in [0, 0.05) is 22.8 Å². The molecule has 2 N–H and O–H groups in total. The minimum atomic E-state index is -0.764. The number of fused-ring (bicyclic) bond motifs is 3. The highest BCUT2D eigenvalue weighted by Crippen LogP contribution is 2.57. The van der Waals surface area contributed by atoms with Gasteiger partial charge in [-0.25, -0.2) is 4.79 Å². The average Bonchev–Trinajstić information content (AvgIpc) is 2.68. The standard InChI is InChI=1S/C15H20O5/c1-7-11-9(17)5-15(2)10(18)4-3-8(6-16)12(15)13(11)20-14(7)19/h6,8-13,17-18H,1,3-5H2,2H3/t8-,9-,10-,11+,12-,13-,15-/m1/s1. The topological polar surface area (TPSA) is 83.8 Å².